The number of aliphatic carboxylic acids is 1. The fourth-order valence-corrected chi connectivity index (χ4v) is 3.19. The third kappa shape index (κ3) is 2.78. The summed E-state index contributed by atoms with van der Waals surface area (Å²) in [6.45, 7) is 3.42. The van der Waals surface area contributed by atoms with Gasteiger partial charge >= 0.3 is 11.9 Å². The van der Waals surface area contributed by atoms with Crippen molar-refractivity contribution in [3.05, 3.63) is 56.8 Å². The van der Waals surface area contributed by atoms with Crippen LogP contribution in [0, 0.1) is 0 Å². The van der Waals surface area contributed by atoms with Crippen LogP contribution in [0.4, 0.5) is 0 Å². The molecule has 22 heavy (non-hydrogen) atoms. The van der Waals surface area contributed by atoms with Gasteiger partial charge in [-0.2, -0.15) is 0 Å². The molecular formula is C16H16BrNO4. The summed E-state index contributed by atoms with van der Waals surface area (Å²) in [4.78, 5) is 23.9. The van der Waals surface area contributed by atoms with E-state index in [1.165, 1.54) is 7.11 Å². The molecule has 0 aromatic heterocycles. The molecular weight excluding hydrogens is 350 g/mol. The molecule has 0 bridgehead atoms. The Bertz CT molecular complexity index is 706. The van der Waals surface area contributed by atoms with E-state index in [0.29, 0.717) is 22.5 Å². The lowest BCUT2D eigenvalue weighted by atomic mass is 9.80. The van der Waals surface area contributed by atoms with Gasteiger partial charge in [0.25, 0.3) is 0 Å². The number of rotatable bonds is 3. The summed E-state index contributed by atoms with van der Waals surface area (Å²) in [5.74, 6) is -2.31. The number of carboxylic acid groups (broad SMARTS) is 1. The van der Waals surface area contributed by atoms with Crippen LogP contribution in [0.15, 0.2) is 51.3 Å². The molecule has 0 aliphatic carbocycles. The van der Waals surface area contributed by atoms with Gasteiger partial charge in [-0.05, 0) is 25.5 Å². The topological polar surface area (TPSA) is 75.6 Å². The van der Waals surface area contributed by atoms with E-state index < -0.39 is 17.9 Å². The van der Waals surface area contributed by atoms with Crippen molar-refractivity contribution in [1.82, 2.24) is 5.32 Å². The average Bonchev–Trinajstić information content (AvgIpc) is 2.45. The van der Waals surface area contributed by atoms with Gasteiger partial charge in [0, 0.05) is 15.9 Å². The highest BCUT2D eigenvalue weighted by molar-refractivity contribution is 9.10. The van der Waals surface area contributed by atoms with Crippen LogP contribution in [0.1, 0.15) is 25.3 Å². The van der Waals surface area contributed by atoms with Gasteiger partial charge in [0.05, 0.1) is 24.2 Å². The molecule has 0 fully saturated rings. The highest BCUT2D eigenvalue weighted by atomic mass is 79.9. The Morgan fingerprint density at radius 1 is 1.18 bits per heavy atom. The van der Waals surface area contributed by atoms with E-state index in [9.17, 15) is 14.7 Å². The van der Waals surface area contributed by atoms with Crippen molar-refractivity contribution < 1.29 is 19.4 Å². The Morgan fingerprint density at radius 3 is 2.32 bits per heavy atom. The number of allylic oxidation sites excluding steroid dienone is 2. The van der Waals surface area contributed by atoms with Gasteiger partial charge in [0.1, 0.15) is 0 Å². The number of benzene rings is 1. The van der Waals surface area contributed by atoms with Gasteiger partial charge in [-0.15, -0.1) is 0 Å². The number of nitrogens with one attached hydrogen (secondary N) is 1. The maximum Gasteiger partial charge on any atom is 0.336 e. The number of carbonyl (C=O) groups excluding carboxylic acids is 1. The fraction of sp³-hybridized carbons (Fsp3) is 0.250. The molecule has 2 N–H and O–H groups in total. The van der Waals surface area contributed by atoms with Crippen molar-refractivity contribution in [2.24, 2.45) is 0 Å². The van der Waals surface area contributed by atoms with E-state index >= 15 is 0 Å². The smallest absolute Gasteiger partial charge is 0.336 e. The monoisotopic (exact) mass is 365 g/mol. The van der Waals surface area contributed by atoms with Gasteiger partial charge in [-0.25, -0.2) is 9.59 Å². The number of esters is 1. The fourth-order valence-electron chi connectivity index (χ4n) is 2.68. The molecule has 6 heteroatoms. The summed E-state index contributed by atoms with van der Waals surface area (Å²) in [7, 11) is 1.28. The van der Waals surface area contributed by atoms with Crippen LogP contribution in [0.5, 0.6) is 0 Å². The molecule has 1 unspecified atom stereocenters. The van der Waals surface area contributed by atoms with Crippen molar-refractivity contribution in [3.63, 3.8) is 0 Å². The first-order valence-corrected chi connectivity index (χ1v) is 7.42. The van der Waals surface area contributed by atoms with Crippen molar-refractivity contribution >= 4 is 27.9 Å². The first-order valence-electron chi connectivity index (χ1n) is 6.63. The zero-order chi connectivity index (χ0) is 16.4. The normalized spacial score (nSPS) is 18.1. The molecule has 1 aliphatic heterocycles. The summed E-state index contributed by atoms with van der Waals surface area (Å²) >= 11 is 3.44. The summed E-state index contributed by atoms with van der Waals surface area (Å²) < 4.78 is 5.59. The highest BCUT2D eigenvalue weighted by Gasteiger charge is 2.37. The second-order valence-electron chi connectivity index (χ2n) is 4.95. The standard InChI is InChI=1S/C16H16BrNO4/c1-8-12(15(19)20)14(10-6-4-5-7-11(10)17)13(9(2)18-8)16(21)22-3/h4-7,14,18H,1-3H3,(H,19,20). The number of dihydropyridines is 1. The third-order valence-electron chi connectivity index (χ3n) is 3.61. The van der Waals surface area contributed by atoms with Gasteiger partial charge in [0.2, 0.25) is 0 Å². The largest absolute Gasteiger partial charge is 0.478 e. The molecule has 0 amide bonds. The number of ether oxygens (including phenoxy) is 1. The summed E-state index contributed by atoms with van der Waals surface area (Å²) in [6, 6.07) is 7.25. The van der Waals surface area contributed by atoms with E-state index in [2.05, 4.69) is 21.2 Å². The summed E-state index contributed by atoms with van der Waals surface area (Å²) in [5.41, 5.74) is 2.25. The number of hydrogen-bond donors (Lipinski definition) is 2. The average molecular weight is 366 g/mol. The number of halogens is 1. The summed E-state index contributed by atoms with van der Waals surface area (Å²) in [6.07, 6.45) is 0. The number of methoxy groups -OCH3 is 1. The molecule has 116 valence electrons. The lowest BCUT2D eigenvalue weighted by Gasteiger charge is -2.29. The molecule has 1 aromatic rings. The minimum absolute atomic E-state index is 0.137. The van der Waals surface area contributed by atoms with Crippen LogP contribution in [0.3, 0.4) is 0 Å². The number of carboxylic acids is 1. The van der Waals surface area contributed by atoms with Gasteiger partial charge in [-0.3, -0.25) is 0 Å². The minimum atomic E-state index is -1.07. The molecule has 1 heterocycles. The lowest BCUT2D eigenvalue weighted by Crippen LogP contribution is -2.31. The SMILES string of the molecule is COC(=O)C1=C(C)NC(C)=C(C(=O)O)C1c1ccccc1Br. The number of hydrogen-bond acceptors (Lipinski definition) is 4. The van der Waals surface area contributed by atoms with Crippen LogP contribution in [-0.2, 0) is 14.3 Å². The van der Waals surface area contributed by atoms with E-state index in [0.717, 1.165) is 4.47 Å². The molecule has 2 rings (SSSR count). The van der Waals surface area contributed by atoms with Crippen LogP contribution in [0.2, 0.25) is 0 Å². The third-order valence-corrected chi connectivity index (χ3v) is 4.33. The molecule has 0 spiro atoms. The lowest BCUT2D eigenvalue weighted by molar-refractivity contribution is -0.136. The first kappa shape index (κ1) is 16.3. The second-order valence-corrected chi connectivity index (χ2v) is 5.81. The molecule has 0 saturated carbocycles. The zero-order valence-electron chi connectivity index (χ0n) is 12.4. The van der Waals surface area contributed by atoms with Gasteiger partial charge < -0.3 is 15.2 Å². The molecule has 1 atom stereocenters. The van der Waals surface area contributed by atoms with Crippen LogP contribution >= 0.6 is 15.9 Å². The summed E-state index contributed by atoms with van der Waals surface area (Å²) in [5, 5.41) is 12.6. The van der Waals surface area contributed by atoms with Crippen LogP contribution in [0.25, 0.3) is 0 Å². The van der Waals surface area contributed by atoms with Gasteiger partial charge in [-0.1, -0.05) is 34.1 Å². The first-order chi connectivity index (χ1) is 10.4. The van der Waals surface area contributed by atoms with Crippen molar-refractivity contribution in [1.29, 1.82) is 0 Å². The number of carbonyl (C=O) groups is 2. The van der Waals surface area contributed by atoms with Crippen molar-refractivity contribution in [2.75, 3.05) is 7.11 Å². The Balaban J connectivity index is 2.73. The van der Waals surface area contributed by atoms with E-state index in [1.54, 1.807) is 26.0 Å². The minimum Gasteiger partial charge on any atom is -0.478 e. The Morgan fingerprint density at radius 2 is 1.77 bits per heavy atom. The molecule has 0 radical (unpaired) electrons. The van der Waals surface area contributed by atoms with Crippen LogP contribution < -0.4 is 5.32 Å². The zero-order valence-corrected chi connectivity index (χ0v) is 14.0. The maximum absolute atomic E-state index is 12.2. The van der Waals surface area contributed by atoms with E-state index in [-0.39, 0.29) is 5.57 Å². The molecule has 1 aromatic carbocycles. The van der Waals surface area contributed by atoms with Gasteiger partial charge in [0.15, 0.2) is 0 Å². The quantitative estimate of drug-likeness (QED) is 0.805. The molecule has 5 nitrogen and oxygen atoms in total. The highest BCUT2D eigenvalue weighted by Crippen LogP contribution is 2.41. The van der Waals surface area contributed by atoms with Crippen molar-refractivity contribution in [3.8, 4) is 0 Å². The van der Waals surface area contributed by atoms with E-state index in [1.807, 2.05) is 12.1 Å². The van der Waals surface area contributed by atoms with E-state index in [4.69, 9.17) is 4.74 Å². The maximum atomic E-state index is 12.2. The predicted octanol–water partition coefficient (Wildman–Crippen LogP) is 2.94. The molecule has 1 aliphatic rings. The van der Waals surface area contributed by atoms with Crippen molar-refractivity contribution in [2.45, 2.75) is 19.8 Å². The second kappa shape index (κ2) is 6.36. The molecule has 0 saturated heterocycles. The Kier molecular flexibility index (Phi) is 4.71. The van der Waals surface area contributed by atoms with Crippen LogP contribution in [-0.4, -0.2) is 24.2 Å². The Labute approximate surface area is 136 Å². The Hall–Kier alpha value is -2.08. The predicted molar refractivity (Wildman–Crippen MR) is 85.1 cm³/mol.